The summed E-state index contributed by atoms with van der Waals surface area (Å²) in [6.45, 7) is 7.92. The number of nitrogen functional groups attached to an aromatic ring is 1. The van der Waals surface area contributed by atoms with E-state index in [9.17, 15) is 4.79 Å². The highest BCUT2D eigenvalue weighted by Crippen LogP contribution is 2.34. The van der Waals surface area contributed by atoms with Gasteiger partial charge in [0, 0.05) is 22.9 Å². The highest BCUT2D eigenvalue weighted by atomic mass is 16.5. The van der Waals surface area contributed by atoms with Crippen molar-refractivity contribution in [2.75, 3.05) is 5.73 Å². The summed E-state index contributed by atoms with van der Waals surface area (Å²) < 4.78 is 5.96. The van der Waals surface area contributed by atoms with Crippen LogP contribution in [0.3, 0.4) is 0 Å². The maximum Gasteiger partial charge on any atom is 0.161 e. The molecule has 2 rings (SSSR count). The quantitative estimate of drug-likeness (QED) is 0.663. The number of anilines is 1. The molecule has 0 radical (unpaired) electrons. The van der Waals surface area contributed by atoms with Crippen LogP contribution in [0.4, 0.5) is 5.69 Å². The van der Waals surface area contributed by atoms with Crippen LogP contribution in [-0.4, -0.2) is 5.78 Å². The van der Waals surface area contributed by atoms with Gasteiger partial charge in [-0.15, -0.1) is 0 Å². The Labute approximate surface area is 125 Å². The standard InChI is InChI=1S/C18H21NO2/c1-12(20)14-10-9-13(11-16(14)19)21-17-8-6-5-7-15(17)18(2,3)4/h5-11H,19H2,1-4H3. The highest BCUT2D eigenvalue weighted by Gasteiger charge is 2.19. The minimum absolute atomic E-state index is 0.0124. The van der Waals surface area contributed by atoms with Gasteiger partial charge < -0.3 is 10.5 Å². The molecule has 0 atom stereocenters. The lowest BCUT2D eigenvalue weighted by molar-refractivity contribution is 0.101. The van der Waals surface area contributed by atoms with Gasteiger partial charge in [0.2, 0.25) is 0 Å². The van der Waals surface area contributed by atoms with E-state index in [2.05, 4.69) is 26.8 Å². The van der Waals surface area contributed by atoms with Gasteiger partial charge in [-0.25, -0.2) is 0 Å². The Bertz CT molecular complexity index is 669. The number of carbonyl (C=O) groups is 1. The summed E-state index contributed by atoms with van der Waals surface area (Å²) in [6.07, 6.45) is 0. The molecule has 2 aromatic carbocycles. The van der Waals surface area contributed by atoms with Crippen molar-refractivity contribution in [3.8, 4) is 11.5 Å². The lowest BCUT2D eigenvalue weighted by atomic mass is 9.86. The van der Waals surface area contributed by atoms with E-state index in [1.165, 1.54) is 6.92 Å². The van der Waals surface area contributed by atoms with Crippen molar-refractivity contribution >= 4 is 11.5 Å². The topological polar surface area (TPSA) is 52.3 Å². The van der Waals surface area contributed by atoms with Crippen LogP contribution in [0.15, 0.2) is 42.5 Å². The Morgan fingerprint density at radius 3 is 2.33 bits per heavy atom. The maximum absolute atomic E-state index is 11.4. The number of Topliss-reactive ketones (excluding diaryl/α,β-unsaturated/α-hetero) is 1. The third-order valence-electron chi connectivity index (χ3n) is 3.33. The van der Waals surface area contributed by atoms with Gasteiger partial charge >= 0.3 is 0 Å². The number of carbonyl (C=O) groups excluding carboxylic acids is 1. The second-order valence-corrected chi connectivity index (χ2v) is 6.15. The number of hydrogen-bond donors (Lipinski definition) is 1. The molecule has 110 valence electrons. The van der Waals surface area contributed by atoms with E-state index in [4.69, 9.17) is 10.5 Å². The molecule has 0 bridgehead atoms. The van der Waals surface area contributed by atoms with Crippen LogP contribution in [0, 0.1) is 0 Å². The first kappa shape index (κ1) is 15.1. The third kappa shape index (κ3) is 3.43. The lowest BCUT2D eigenvalue weighted by Crippen LogP contribution is -2.12. The smallest absolute Gasteiger partial charge is 0.161 e. The fourth-order valence-electron chi connectivity index (χ4n) is 2.23. The molecule has 2 N–H and O–H groups in total. The molecule has 3 heteroatoms. The molecule has 0 spiro atoms. The van der Waals surface area contributed by atoms with Crippen molar-refractivity contribution < 1.29 is 9.53 Å². The first-order chi connectivity index (χ1) is 9.79. The largest absolute Gasteiger partial charge is 0.457 e. The average molecular weight is 283 g/mol. The van der Waals surface area contributed by atoms with Crippen LogP contribution < -0.4 is 10.5 Å². The second-order valence-electron chi connectivity index (χ2n) is 6.15. The lowest BCUT2D eigenvalue weighted by Gasteiger charge is -2.22. The van der Waals surface area contributed by atoms with E-state index < -0.39 is 0 Å². The van der Waals surface area contributed by atoms with Crippen molar-refractivity contribution in [1.82, 2.24) is 0 Å². The summed E-state index contributed by atoms with van der Waals surface area (Å²) in [7, 11) is 0. The normalized spacial score (nSPS) is 11.2. The molecule has 0 saturated heterocycles. The number of ether oxygens (including phenoxy) is 1. The molecule has 21 heavy (non-hydrogen) atoms. The summed E-state index contributed by atoms with van der Waals surface area (Å²) in [5, 5.41) is 0. The summed E-state index contributed by atoms with van der Waals surface area (Å²) >= 11 is 0. The monoisotopic (exact) mass is 283 g/mol. The van der Waals surface area contributed by atoms with E-state index >= 15 is 0 Å². The Balaban J connectivity index is 2.35. The number of nitrogens with two attached hydrogens (primary N) is 1. The van der Waals surface area contributed by atoms with Crippen LogP contribution in [0.1, 0.15) is 43.6 Å². The SMILES string of the molecule is CC(=O)c1ccc(Oc2ccccc2C(C)(C)C)cc1N. The molecule has 0 aromatic heterocycles. The molecule has 0 unspecified atom stereocenters. The zero-order chi connectivity index (χ0) is 15.6. The molecule has 0 aliphatic rings. The number of benzene rings is 2. The van der Waals surface area contributed by atoms with Crippen LogP contribution in [0.25, 0.3) is 0 Å². The molecule has 0 amide bonds. The molecule has 0 aliphatic heterocycles. The Morgan fingerprint density at radius 1 is 1.10 bits per heavy atom. The number of rotatable bonds is 3. The molecule has 0 saturated carbocycles. The van der Waals surface area contributed by atoms with Crippen molar-refractivity contribution in [1.29, 1.82) is 0 Å². The average Bonchev–Trinajstić information content (AvgIpc) is 2.37. The summed E-state index contributed by atoms with van der Waals surface area (Å²) in [6, 6.07) is 13.1. The molecule has 0 aliphatic carbocycles. The van der Waals surface area contributed by atoms with Gasteiger partial charge in [0.25, 0.3) is 0 Å². The van der Waals surface area contributed by atoms with Crippen molar-refractivity contribution in [2.45, 2.75) is 33.1 Å². The van der Waals surface area contributed by atoms with E-state index in [1.54, 1.807) is 18.2 Å². The van der Waals surface area contributed by atoms with Gasteiger partial charge in [-0.3, -0.25) is 4.79 Å². The molecular weight excluding hydrogens is 262 g/mol. The molecule has 0 fully saturated rings. The van der Waals surface area contributed by atoms with Gasteiger partial charge in [0.1, 0.15) is 11.5 Å². The Morgan fingerprint density at radius 2 is 1.76 bits per heavy atom. The van der Waals surface area contributed by atoms with E-state index in [1.807, 2.05) is 18.2 Å². The van der Waals surface area contributed by atoms with Gasteiger partial charge in [0.15, 0.2) is 5.78 Å². The fraction of sp³-hybridized carbons (Fsp3) is 0.278. The van der Waals surface area contributed by atoms with E-state index in [0.29, 0.717) is 17.0 Å². The molecular formula is C18H21NO2. The Hall–Kier alpha value is -2.29. The van der Waals surface area contributed by atoms with E-state index in [-0.39, 0.29) is 11.2 Å². The van der Waals surface area contributed by atoms with Crippen molar-refractivity contribution in [2.24, 2.45) is 0 Å². The zero-order valence-corrected chi connectivity index (χ0v) is 12.9. The first-order valence-corrected chi connectivity index (χ1v) is 6.97. The number of hydrogen-bond acceptors (Lipinski definition) is 3. The van der Waals surface area contributed by atoms with Crippen LogP contribution in [0.5, 0.6) is 11.5 Å². The summed E-state index contributed by atoms with van der Waals surface area (Å²) in [4.78, 5) is 11.4. The molecule has 2 aromatic rings. The van der Waals surface area contributed by atoms with Gasteiger partial charge in [-0.05, 0) is 30.5 Å². The third-order valence-corrected chi connectivity index (χ3v) is 3.33. The second kappa shape index (κ2) is 5.60. The van der Waals surface area contributed by atoms with Gasteiger partial charge in [-0.2, -0.15) is 0 Å². The summed E-state index contributed by atoms with van der Waals surface area (Å²) in [5.74, 6) is 1.39. The predicted molar refractivity (Wildman–Crippen MR) is 86.1 cm³/mol. The molecule has 3 nitrogen and oxygen atoms in total. The van der Waals surface area contributed by atoms with Crippen LogP contribution in [-0.2, 0) is 5.41 Å². The zero-order valence-electron chi connectivity index (χ0n) is 12.9. The number of ketones is 1. The van der Waals surface area contributed by atoms with Crippen LogP contribution in [0.2, 0.25) is 0 Å². The van der Waals surface area contributed by atoms with Gasteiger partial charge in [-0.1, -0.05) is 39.0 Å². The highest BCUT2D eigenvalue weighted by molar-refractivity contribution is 5.99. The Kier molecular flexibility index (Phi) is 4.03. The minimum atomic E-state index is -0.0471. The molecule has 0 heterocycles. The maximum atomic E-state index is 11.4. The number of para-hydroxylation sites is 1. The van der Waals surface area contributed by atoms with Crippen molar-refractivity contribution in [3.63, 3.8) is 0 Å². The van der Waals surface area contributed by atoms with Crippen molar-refractivity contribution in [3.05, 3.63) is 53.6 Å². The van der Waals surface area contributed by atoms with Gasteiger partial charge in [0.05, 0.1) is 0 Å². The first-order valence-electron chi connectivity index (χ1n) is 6.97. The van der Waals surface area contributed by atoms with Crippen LogP contribution >= 0.6 is 0 Å². The summed E-state index contributed by atoms with van der Waals surface area (Å²) in [5.41, 5.74) is 7.97. The van der Waals surface area contributed by atoms with E-state index in [0.717, 1.165) is 11.3 Å². The fourth-order valence-corrected chi connectivity index (χ4v) is 2.23. The predicted octanol–water partition coefficient (Wildman–Crippen LogP) is 4.56. The minimum Gasteiger partial charge on any atom is -0.457 e.